The molecule has 0 amide bonds. The van der Waals surface area contributed by atoms with Crippen molar-refractivity contribution < 1.29 is 15.1 Å². The van der Waals surface area contributed by atoms with E-state index in [9.17, 15) is 20.3 Å². The number of rotatable bonds is 4. The largest absolute Gasteiger partial charge is 0.389 e. The number of aliphatic hydroxyl groups is 2. The Kier molecular flexibility index (Phi) is 4.40. The number of benzene rings is 1. The van der Waals surface area contributed by atoms with Gasteiger partial charge in [-0.15, -0.1) is 0 Å². The van der Waals surface area contributed by atoms with Gasteiger partial charge < -0.3 is 10.2 Å². The Morgan fingerprint density at radius 3 is 2.62 bits per heavy atom. The van der Waals surface area contributed by atoms with Crippen molar-refractivity contribution in [3.63, 3.8) is 0 Å². The van der Waals surface area contributed by atoms with E-state index in [2.05, 4.69) is 15.9 Å². The molecule has 6 heteroatoms. The van der Waals surface area contributed by atoms with Gasteiger partial charge in [0.2, 0.25) is 0 Å². The van der Waals surface area contributed by atoms with E-state index in [0.29, 0.717) is 11.1 Å². The third kappa shape index (κ3) is 2.78. The van der Waals surface area contributed by atoms with Crippen LogP contribution in [-0.4, -0.2) is 26.6 Å². The molecule has 0 aliphatic rings. The number of alkyl halides is 1. The highest BCUT2D eigenvalue weighted by molar-refractivity contribution is 9.09. The summed E-state index contributed by atoms with van der Waals surface area (Å²) in [5.41, 5.74) is 0.987. The molecule has 2 unspecified atom stereocenters. The van der Waals surface area contributed by atoms with Gasteiger partial charge in [0.25, 0.3) is 5.69 Å². The first kappa shape index (κ1) is 13.1. The minimum absolute atomic E-state index is 0.0959. The molecule has 2 N–H and O–H groups in total. The van der Waals surface area contributed by atoms with E-state index in [-0.39, 0.29) is 11.0 Å². The first-order valence-electron chi connectivity index (χ1n) is 4.64. The van der Waals surface area contributed by atoms with Crippen LogP contribution in [0.4, 0.5) is 5.69 Å². The molecule has 88 valence electrons. The van der Waals surface area contributed by atoms with E-state index in [1.165, 1.54) is 12.1 Å². The summed E-state index contributed by atoms with van der Waals surface area (Å²) in [4.78, 5) is 10.0. The molecule has 0 saturated heterocycles. The monoisotopic (exact) mass is 289 g/mol. The van der Waals surface area contributed by atoms with E-state index >= 15 is 0 Å². The maximum absolute atomic E-state index is 10.6. The molecule has 0 bridgehead atoms. The van der Waals surface area contributed by atoms with Gasteiger partial charge in [-0.2, -0.15) is 0 Å². The molecule has 2 atom stereocenters. The standard InChI is InChI=1S/C10H12BrNO4/c1-6-2-3-7(12(15)16)4-8(6)10(14)9(13)5-11/h2-4,9-10,13-14H,5H2,1H3. The topological polar surface area (TPSA) is 83.6 Å². The lowest BCUT2D eigenvalue weighted by atomic mass is 9.99. The van der Waals surface area contributed by atoms with Gasteiger partial charge in [0.15, 0.2) is 0 Å². The lowest BCUT2D eigenvalue weighted by Crippen LogP contribution is -2.20. The number of halogens is 1. The van der Waals surface area contributed by atoms with Crippen LogP contribution in [0.5, 0.6) is 0 Å². The van der Waals surface area contributed by atoms with Crippen molar-refractivity contribution in [3.05, 3.63) is 39.4 Å². The maximum Gasteiger partial charge on any atom is 0.269 e. The quantitative estimate of drug-likeness (QED) is 0.502. The molecular formula is C10H12BrNO4. The maximum atomic E-state index is 10.6. The van der Waals surface area contributed by atoms with Gasteiger partial charge in [0, 0.05) is 17.5 Å². The Morgan fingerprint density at radius 2 is 2.12 bits per heavy atom. The smallest absolute Gasteiger partial charge is 0.269 e. The molecule has 0 aliphatic carbocycles. The summed E-state index contributed by atoms with van der Waals surface area (Å²) in [6.07, 6.45) is -2.11. The molecule has 0 radical (unpaired) electrons. The number of non-ortho nitro benzene ring substituents is 1. The number of aliphatic hydroxyl groups excluding tert-OH is 2. The second-order valence-electron chi connectivity index (χ2n) is 3.46. The molecule has 0 saturated carbocycles. The van der Waals surface area contributed by atoms with Crippen molar-refractivity contribution in [2.24, 2.45) is 0 Å². The fourth-order valence-electron chi connectivity index (χ4n) is 1.35. The molecule has 1 rings (SSSR count). The number of nitro groups is 1. The molecule has 0 heterocycles. The number of nitro benzene ring substituents is 1. The lowest BCUT2D eigenvalue weighted by molar-refractivity contribution is -0.385. The average molecular weight is 290 g/mol. The van der Waals surface area contributed by atoms with Crippen LogP contribution in [0.2, 0.25) is 0 Å². The van der Waals surface area contributed by atoms with Crippen LogP contribution < -0.4 is 0 Å². The van der Waals surface area contributed by atoms with Crippen molar-refractivity contribution in [1.82, 2.24) is 0 Å². The normalized spacial score (nSPS) is 14.5. The predicted molar refractivity (Wildman–Crippen MR) is 62.6 cm³/mol. The molecular weight excluding hydrogens is 278 g/mol. The molecule has 5 nitrogen and oxygen atoms in total. The summed E-state index contributed by atoms with van der Waals surface area (Å²) in [5, 5.41) is 30.0. The van der Waals surface area contributed by atoms with Gasteiger partial charge >= 0.3 is 0 Å². The molecule has 0 spiro atoms. The zero-order valence-corrected chi connectivity index (χ0v) is 10.2. The van der Waals surface area contributed by atoms with E-state index < -0.39 is 17.1 Å². The Labute approximate surface area is 101 Å². The first-order valence-corrected chi connectivity index (χ1v) is 5.76. The van der Waals surface area contributed by atoms with Crippen molar-refractivity contribution in [2.45, 2.75) is 19.1 Å². The van der Waals surface area contributed by atoms with E-state index in [4.69, 9.17) is 0 Å². The number of nitrogens with zero attached hydrogens (tertiary/aromatic N) is 1. The average Bonchev–Trinajstić information content (AvgIpc) is 2.27. The summed E-state index contributed by atoms with van der Waals surface area (Å²) < 4.78 is 0. The number of aryl methyl sites for hydroxylation is 1. The van der Waals surface area contributed by atoms with Crippen molar-refractivity contribution in [3.8, 4) is 0 Å². The van der Waals surface area contributed by atoms with Crippen LogP contribution in [0.1, 0.15) is 17.2 Å². The van der Waals surface area contributed by atoms with Gasteiger partial charge in [-0.05, 0) is 18.1 Å². The lowest BCUT2D eigenvalue weighted by Gasteiger charge is -2.17. The van der Waals surface area contributed by atoms with Crippen LogP contribution in [0.3, 0.4) is 0 Å². The highest BCUT2D eigenvalue weighted by Crippen LogP contribution is 2.25. The Hall–Kier alpha value is -0.980. The first-order chi connectivity index (χ1) is 7.47. The highest BCUT2D eigenvalue weighted by Gasteiger charge is 2.21. The van der Waals surface area contributed by atoms with Crippen molar-refractivity contribution in [2.75, 3.05) is 5.33 Å². The number of hydrogen-bond donors (Lipinski definition) is 2. The van der Waals surface area contributed by atoms with Crippen LogP contribution >= 0.6 is 15.9 Å². The Morgan fingerprint density at radius 1 is 1.50 bits per heavy atom. The summed E-state index contributed by atoms with van der Waals surface area (Å²) in [6.45, 7) is 1.73. The molecule has 0 aliphatic heterocycles. The Bertz CT molecular complexity index is 396. The summed E-state index contributed by atoms with van der Waals surface area (Å²) in [6, 6.07) is 4.20. The molecule has 0 aromatic heterocycles. The van der Waals surface area contributed by atoms with Gasteiger partial charge in [0.05, 0.1) is 11.0 Å². The minimum Gasteiger partial charge on any atom is -0.389 e. The molecule has 0 fully saturated rings. The SMILES string of the molecule is Cc1ccc([N+](=O)[O-])cc1C(O)C(O)CBr. The van der Waals surface area contributed by atoms with Crippen LogP contribution in [-0.2, 0) is 0 Å². The summed E-state index contributed by atoms with van der Waals surface area (Å²) in [7, 11) is 0. The molecule has 1 aromatic rings. The zero-order chi connectivity index (χ0) is 12.3. The molecule has 1 aromatic carbocycles. The summed E-state index contributed by atoms with van der Waals surface area (Å²) >= 11 is 3.04. The van der Waals surface area contributed by atoms with Gasteiger partial charge in [-0.1, -0.05) is 22.0 Å². The Balaban J connectivity index is 3.11. The van der Waals surface area contributed by atoms with Crippen molar-refractivity contribution in [1.29, 1.82) is 0 Å². The fraction of sp³-hybridized carbons (Fsp3) is 0.400. The highest BCUT2D eigenvalue weighted by atomic mass is 79.9. The summed E-state index contributed by atoms with van der Waals surface area (Å²) in [5.74, 6) is 0. The van der Waals surface area contributed by atoms with Gasteiger partial charge in [-0.3, -0.25) is 10.1 Å². The fourth-order valence-corrected chi connectivity index (χ4v) is 1.71. The minimum atomic E-state index is -1.13. The van der Waals surface area contributed by atoms with Crippen LogP contribution in [0.15, 0.2) is 18.2 Å². The van der Waals surface area contributed by atoms with Gasteiger partial charge in [-0.25, -0.2) is 0 Å². The van der Waals surface area contributed by atoms with E-state index in [0.717, 1.165) is 0 Å². The third-order valence-electron chi connectivity index (χ3n) is 2.31. The van der Waals surface area contributed by atoms with E-state index in [1.807, 2.05) is 0 Å². The van der Waals surface area contributed by atoms with Crippen LogP contribution in [0, 0.1) is 17.0 Å². The van der Waals surface area contributed by atoms with Crippen LogP contribution in [0.25, 0.3) is 0 Å². The van der Waals surface area contributed by atoms with E-state index in [1.54, 1.807) is 13.0 Å². The third-order valence-corrected chi connectivity index (χ3v) is 2.98. The second kappa shape index (κ2) is 5.38. The zero-order valence-electron chi connectivity index (χ0n) is 8.63. The van der Waals surface area contributed by atoms with Gasteiger partial charge in [0.1, 0.15) is 6.10 Å². The predicted octanol–water partition coefficient (Wildman–Crippen LogP) is 1.69. The number of hydrogen-bond acceptors (Lipinski definition) is 4. The van der Waals surface area contributed by atoms with Crippen molar-refractivity contribution >= 4 is 21.6 Å². The second-order valence-corrected chi connectivity index (χ2v) is 4.11. The molecule has 16 heavy (non-hydrogen) atoms.